The van der Waals surface area contributed by atoms with Gasteiger partial charge in [-0.2, -0.15) is 0 Å². The van der Waals surface area contributed by atoms with E-state index in [-0.39, 0.29) is 36.1 Å². The first-order chi connectivity index (χ1) is 11.0. The van der Waals surface area contributed by atoms with Gasteiger partial charge in [0.05, 0.1) is 5.92 Å². The molecule has 0 spiro atoms. The number of rotatable bonds is 6. The van der Waals surface area contributed by atoms with Gasteiger partial charge in [0.2, 0.25) is 5.91 Å². The number of nitrogens with zero attached hydrogens (tertiary/aromatic N) is 1. The van der Waals surface area contributed by atoms with Crippen LogP contribution >= 0.6 is 12.4 Å². The molecule has 24 heavy (non-hydrogen) atoms. The Hall–Kier alpha value is -1.91. The minimum atomic E-state index is -0.356. The monoisotopic (exact) mass is 350 g/mol. The molecule has 0 heterocycles. The standard InChI is InChI=1S/C19H23FN2O.ClH/c1-3-22(13-15-8-7-11-17(20)12-15)19(23)14(2)18(21)16-9-5-4-6-10-16;/h4-12,14,18H,3,13,21H2,1-2H3;1H. The van der Waals surface area contributed by atoms with Gasteiger partial charge in [-0.25, -0.2) is 4.39 Å². The highest BCUT2D eigenvalue weighted by Crippen LogP contribution is 2.22. The summed E-state index contributed by atoms with van der Waals surface area (Å²) in [6.07, 6.45) is 0. The Kier molecular flexibility index (Phi) is 7.89. The highest BCUT2D eigenvalue weighted by Gasteiger charge is 2.26. The number of hydrogen-bond donors (Lipinski definition) is 1. The van der Waals surface area contributed by atoms with Crippen molar-refractivity contribution in [3.05, 3.63) is 71.5 Å². The number of amides is 1. The average Bonchev–Trinajstić information content (AvgIpc) is 2.58. The summed E-state index contributed by atoms with van der Waals surface area (Å²) in [6.45, 7) is 4.70. The predicted molar refractivity (Wildman–Crippen MR) is 97.3 cm³/mol. The third-order valence-electron chi connectivity index (χ3n) is 4.07. The maximum atomic E-state index is 13.3. The van der Waals surface area contributed by atoms with Crippen molar-refractivity contribution in [2.75, 3.05) is 6.54 Å². The Balaban J connectivity index is 0.00000288. The third-order valence-corrected chi connectivity index (χ3v) is 4.07. The Morgan fingerprint density at radius 2 is 1.83 bits per heavy atom. The molecule has 2 aromatic carbocycles. The van der Waals surface area contributed by atoms with Gasteiger partial charge >= 0.3 is 0 Å². The Labute approximate surface area is 149 Å². The van der Waals surface area contributed by atoms with Gasteiger partial charge in [0.15, 0.2) is 0 Å². The second-order valence-electron chi connectivity index (χ2n) is 5.71. The molecule has 0 saturated carbocycles. The number of nitrogens with two attached hydrogens (primary N) is 1. The second kappa shape index (κ2) is 9.40. The molecule has 2 unspecified atom stereocenters. The van der Waals surface area contributed by atoms with Crippen molar-refractivity contribution in [3.8, 4) is 0 Å². The molecular formula is C19H24ClFN2O. The van der Waals surface area contributed by atoms with Crippen molar-refractivity contribution >= 4 is 18.3 Å². The lowest BCUT2D eigenvalue weighted by atomic mass is 9.94. The van der Waals surface area contributed by atoms with Crippen molar-refractivity contribution in [2.45, 2.75) is 26.4 Å². The van der Waals surface area contributed by atoms with Crippen molar-refractivity contribution in [1.29, 1.82) is 0 Å². The van der Waals surface area contributed by atoms with Gasteiger partial charge < -0.3 is 10.6 Å². The fraction of sp³-hybridized carbons (Fsp3) is 0.316. The third kappa shape index (κ3) is 5.05. The number of benzene rings is 2. The molecule has 2 aromatic rings. The molecule has 0 aliphatic rings. The van der Waals surface area contributed by atoms with E-state index in [0.29, 0.717) is 13.1 Å². The molecule has 3 nitrogen and oxygen atoms in total. The Morgan fingerprint density at radius 3 is 2.42 bits per heavy atom. The van der Waals surface area contributed by atoms with Crippen LogP contribution in [0.5, 0.6) is 0 Å². The SMILES string of the molecule is CCN(Cc1cccc(F)c1)C(=O)C(C)C(N)c1ccccc1.Cl. The van der Waals surface area contributed by atoms with E-state index < -0.39 is 0 Å². The highest BCUT2D eigenvalue weighted by molar-refractivity contribution is 5.85. The van der Waals surface area contributed by atoms with Gasteiger partial charge in [0.1, 0.15) is 5.82 Å². The van der Waals surface area contributed by atoms with E-state index in [4.69, 9.17) is 5.73 Å². The summed E-state index contributed by atoms with van der Waals surface area (Å²) in [5.41, 5.74) is 7.96. The minimum Gasteiger partial charge on any atom is -0.338 e. The van der Waals surface area contributed by atoms with E-state index in [9.17, 15) is 9.18 Å². The van der Waals surface area contributed by atoms with Crippen LogP contribution in [0.25, 0.3) is 0 Å². The first kappa shape index (κ1) is 20.1. The predicted octanol–water partition coefficient (Wildman–Crippen LogP) is 3.93. The minimum absolute atomic E-state index is 0. The van der Waals surface area contributed by atoms with Crippen molar-refractivity contribution in [3.63, 3.8) is 0 Å². The summed E-state index contributed by atoms with van der Waals surface area (Å²) in [7, 11) is 0. The van der Waals surface area contributed by atoms with Gasteiger partial charge in [0, 0.05) is 19.1 Å². The van der Waals surface area contributed by atoms with Crippen LogP contribution in [0.2, 0.25) is 0 Å². The van der Waals surface area contributed by atoms with Crippen LogP contribution in [0.3, 0.4) is 0 Å². The summed E-state index contributed by atoms with van der Waals surface area (Å²) in [6, 6.07) is 15.6. The summed E-state index contributed by atoms with van der Waals surface area (Å²) in [5, 5.41) is 0. The molecule has 0 radical (unpaired) electrons. The van der Waals surface area contributed by atoms with Crippen molar-refractivity contribution in [2.24, 2.45) is 11.7 Å². The number of hydrogen-bond acceptors (Lipinski definition) is 2. The molecule has 130 valence electrons. The summed E-state index contributed by atoms with van der Waals surface area (Å²) in [5.74, 6) is -0.654. The zero-order chi connectivity index (χ0) is 16.8. The second-order valence-corrected chi connectivity index (χ2v) is 5.71. The quantitative estimate of drug-likeness (QED) is 0.857. The van der Waals surface area contributed by atoms with Crippen LogP contribution in [0.1, 0.15) is 31.0 Å². The molecule has 0 saturated heterocycles. The molecule has 2 atom stereocenters. The molecule has 0 aliphatic heterocycles. The molecule has 0 aromatic heterocycles. The highest BCUT2D eigenvalue weighted by atomic mass is 35.5. The molecule has 0 aliphatic carbocycles. The van der Waals surface area contributed by atoms with Gasteiger partial charge in [-0.3, -0.25) is 4.79 Å². The lowest BCUT2D eigenvalue weighted by molar-refractivity contribution is -0.136. The normalized spacial score (nSPS) is 12.8. The van der Waals surface area contributed by atoms with Gasteiger partial charge in [-0.05, 0) is 30.2 Å². The van der Waals surface area contributed by atoms with Crippen LogP contribution in [-0.2, 0) is 11.3 Å². The van der Waals surface area contributed by atoms with Crippen LogP contribution < -0.4 is 5.73 Å². The fourth-order valence-corrected chi connectivity index (χ4v) is 2.61. The van der Waals surface area contributed by atoms with Crippen LogP contribution in [0.4, 0.5) is 4.39 Å². The molecule has 0 bridgehead atoms. The summed E-state index contributed by atoms with van der Waals surface area (Å²) in [4.78, 5) is 14.4. The van der Waals surface area contributed by atoms with Crippen molar-refractivity contribution < 1.29 is 9.18 Å². The molecular weight excluding hydrogens is 327 g/mol. The molecule has 0 fully saturated rings. The Bertz CT molecular complexity index is 651. The Morgan fingerprint density at radius 1 is 1.17 bits per heavy atom. The van der Waals surface area contributed by atoms with E-state index in [2.05, 4.69) is 0 Å². The van der Waals surface area contributed by atoms with Gasteiger partial charge in [0.25, 0.3) is 0 Å². The summed E-state index contributed by atoms with van der Waals surface area (Å²) < 4.78 is 13.3. The fourth-order valence-electron chi connectivity index (χ4n) is 2.61. The maximum Gasteiger partial charge on any atom is 0.227 e. The van der Waals surface area contributed by atoms with Crippen LogP contribution in [0.15, 0.2) is 54.6 Å². The topological polar surface area (TPSA) is 46.3 Å². The van der Waals surface area contributed by atoms with E-state index in [1.165, 1.54) is 12.1 Å². The maximum absolute atomic E-state index is 13.3. The smallest absolute Gasteiger partial charge is 0.227 e. The molecule has 1 amide bonds. The zero-order valence-corrected chi connectivity index (χ0v) is 14.8. The lowest BCUT2D eigenvalue weighted by Crippen LogP contribution is -2.39. The van der Waals surface area contributed by atoms with Gasteiger partial charge in [-0.1, -0.05) is 49.4 Å². The first-order valence-electron chi connectivity index (χ1n) is 7.86. The molecule has 5 heteroatoms. The first-order valence-corrected chi connectivity index (χ1v) is 7.86. The van der Waals surface area contributed by atoms with E-state index >= 15 is 0 Å². The molecule has 2 rings (SSSR count). The lowest BCUT2D eigenvalue weighted by Gasteiger charge is -2.28. The van der Waals surface area contributed by atoms with Crippen molar-refractivity contribution in [1.82, 2.24) is 4.90 Å². The van der Waals surface area contributed by atoms with Gasteiger partial charge in [-0.15, -0.1) is 12.4 Å². The number of halogens is 2. The summed E-state index contributed by atoms with van der Waals surface area (Å²) >= 11 is 0. The molecule has 2 N–H and O–H groups in total. The number of carbonyl (C=O) groups is 1. The largest absolute Gasteiger partial charge is 0.338 e. The van der Waals surface area contributed by atoms with E-state index in [1.54, 1.807) is 11.0 Å². The van der Waals surface area contributed by atoms with E-state index in [1.807, 2.05) is 50.2 Å². The van der Waals surface area contributed by atoms with Crippen LogP contribution in [-0.4, -0.2) is 17.4 Å². The van der Waals surface area contributed by atoms with Crippen LogP contribution in [0, 0.1) is 11.7 Å². The zero-order valence-electron chi connectivity index (χ0n) is 14.0. The van der Waals surface area contributed by atoms with E-state index in [0.717, 1.165) is 11.1 Å². The average molecular weight is 351 g/mol. The number of carbonyl (C=O) groups excluding carboxylic acids is 1.